The molecule has 3 aromatic rings. The second kappa shape index (κ2) is 10.1. The Morgan fingerprint density at radius 1 is 1.28 bits per heavy atom. The van der Waals surface area contributed by atoms with Crippen LogP contribution in [0.25, 0.3) is 11.4 Å². The molecule has 3 N–H and O–H groups in total. The van der Waals surface area contributed by atoms with E-state index in [0.29, 0.717) is 17.1 Å². The predicted octanol–water partition coefficient (Wildman–Crippen LogP) is 3.85. The second-order valence-corrected chi connectivity index (χ2v) is 8.91. The number of carbonyl (C=O) groups is 1. The van der Waals surface area contributed by atoms with E-state index >= 15 is 0 Å². The molecule has 0 aliphatic carbocycles. The molecule has 4 rings (SSSR count). The zero-order valence-corrected chi connectivity index (χ0v) is 19.7. The zero-order chi connectivity index (χ0) is 25.9. The summed E-state index contributed by atoms with van der Waals surface area (Å²) in [6.07, 6.45) is -2.02. The van der Waals surface area contributed by atoms with Crippen LogP contribution in [0, 0.1) is 11.3 Å². The fraction of sp³-hybridized carbons (Fsp3) is 0.320. The van der Waals surface area contributed by atoms with Crippen molar-refractivity contribution in [2.75, 3.05) is 18.4 Å². The van der Waals surface area contributed by atoms with Gasteiger partial charge in [0.05, 0.1) is 17.7 Å². The molecule has 11 heteroatoms. The number of likely N-dealkylation sites (tertiary alicyclic amines) is 1. The number of piperidine rings is 1. The van der Waals surface area contributed by atoms with Crippen molar-refractivity contribution in [3.8, 4) is 23.2 Å². The SMILES string of the molecule is CC(C)(O)c1cccc(Nc2ncnc(-c3ccc(OC4CCN(C(=O)O)CC4F)c(C#N)c3)n2)c1. The Labute approximate surface area is 207 Å². The average molecular weight is 493 g/mol. The molecule has 186 valence electrons. The Morgan fingerprint density at radius 3 is 2.78 bits per heavy atom. The molecule has 1 amide bonds. The minimum absolute atomic E-state index is 0.153. The Hall–Kier alpha value is -4.30. The number of rotatable bonds is 6. The highest BCUT2D eigenvalue weighted by Gasteiger charge is 2.33. The smallest absolute Gasteiger partial charge is 0.407 e. The summed E-state index contributed by atoms with van der Waals surface area (Å²) in [6.45, 7) is 3.26. The number of anilines is 2. The Morgan fingerprint density at radius 2 is 2.08 bits per heavy atom. The summed E-state index contributed by atoms with van der Waals surface area (Å²) < 4.78 is 20.2. The van der Waals surface area contributed by atoms with E-state index in [1.54, 1.807) is 38.1 Å². The van der Waals surface area contributed by atoms with E-state index in [9.17, 15) is 19.6 Å². The van der Waals surface area contributed by atoms with Crippen molar-refractivity contribution < 1.29 is 24.1 Å². The molecule has 36 heavy (non-hydrogen) atoms. The Kier molecular flexibility index (Phi) is 6.98. The summed E-state index contributed by atoms with van der Waals surface area (Å²) in [4.78, 5) is 24.8. The molecular formula is C25H25FN6O4. The van der Waals surface area contributed by atoms with Crippen molar-refractivity contribution in [3.63, 3.8) is 0 Å². The first kappa shape index (κ1) is 24.8. The molecule has 2 aromatic carbocycles. The fourth-order valence-corrected chi connectivity index (χ4v) is 3.81. The van der Waals surface area contributed by atoms with Crippen LogP contribution >= 0.6 is 0 Å². The van der Waals surface area contributed by atoms with Gasteiger partial charge in [-0.1, -0.05) is 12.1 Å². The van der Waals surface area contributed by atoms with E-state index in [2.05, 4.69) is 20.3 Å². The molecule has 1 aromatic heterocycles. The lowest BCUT2D eigenvalue weighted by Gasteiger charge is -2.33. The minimum Gasteiger partial charge on any atom is -0.486 e. The number of hydrogen-bond acceptors (Lipinski definition) is 8. The van der Waals surface area contributed by atoms with E-state index in [4.69, 9.17) is 9.84 Å². The third kappa shape index (κ3) is 5.67. The normalized spacial score (nSPS) is 17.8. The topological polar surface area (TPSA) is 144 Å². The largest absolute Gasteiger partial charge is 0.486 e. The molecule has 2 heterocycles. The molecule has 1 fully saturated rings. The summed E-state index contributed by atoms with van der Waals surface area (Å²) in [5.41, 5.74) is 1.11. The van der Waals surface area contributed by atoms with Gasteiger partial charge in [0.2, 0.25) is 5.95 Å². The highest BCUT2D eigenvalue weighted by atomic mass is 19.1. The summed E-state index contributed by atoms with van der Waals surface area (Å²) in [5, 5.41) is 32.0. The number of benzene rings is 2. The van der Waals surface area contributed by atoms with Crippen LogP contribution in [0.3, 0.4) is 0 Å². The maximum atomic E-state index is 14.5. The molecule has 10 nitrogen and oxygen atoms in total. The lowest BCUT2D eigenvalue weighted by Crippen LogP contribution is -2.48. The first-order chi connectivity index (χ1) is 17.1. The van der Waals surface area contributed by atoms with E-state index in [1.807, 2.05) is 24.3 Å². The predicted molar refractivity (Wildman–Crippen MR) is 128 cm³/mol. The second-order valence-electron chi connectivity index (χ2n) is 8.91. The standard InChI is InChI=1S/C25H25FN6O4/c1-25(2,35)17-4-3-5-18(11-17)30-23-29-14-28-22(31-23)15-6-7-20(16(10-15)12-27)36-21-8-9-32(24(33)34)13-19(21)26/h3-7,10-11,14,19,21,35H,8-9,13H2,1-2H3,(H,33,34)(H,28,29,30,31). The molecule has 0 bridgehead atoms. The summed E-state index contributed by atoms with van der Waals surface area (Å²) >= 11 is 0. The summed E-state index contributed by atoms with van der Waals surface area (Å²) in [6, 6.07) is 14.0. The van der Waals surface area contributed by atoms with Crippen molar-refractivity contribution >= 4 is 17.7 Å². The van der Waals surface area contributed by atoms with Crippen LogP contribution in [-0.2, 0) is 5.60 Å². The number of nitrogens with one attached hydrogen (secondary N) is 1. The van der Waals surface area contributed by atoms with Crippen LogP contribution < -0.4 is 10.1 Å². The van der Waals surface area contributed by atoms with Gasteiger partial charge in [-0.25, -0.2) is 19.2 Å². The number of halogens is 1. The van der Waals surface area contributed by atoms with Crippen LogP contribution in [0.4, 0.5) is 20.8 Å². The number of carboxylic acid groups (broad SMARTS) is 1. The van der Waals surface area contributed by atoms with E-state index in [1.165, 1.54) is 6.33 Å². The van der Waals surface area contributed by atoms with Gasteiger partial charge >= 0.3 is 6.09 Å². The molecular weight excluding hydrogens is 467 g/mol. The molecule has 1 aliphatic rings. The van der Waals surface area contributed by atoms with Gasteiger partial charge < -0.3 is 25.2 Å². The number of aliphatic hydroxyl groups is 1. The number of nitriles is 1. The number of nitrogens with zero attached hydrogens (tertiary/aromatic N) is 5. The van der Waals surface area contributed by atoms with Gasteiger partial charge in [-0.3, -0.25) is 0 Å². The Bertz CT molecular complexity index is 1310. The quantitative estimate of drug-likeness (QED) is 0.467. The van der Waals surface area contributed by atoms with Gasteiger partial charge in [-0.15, -0.1) is 0 Å². The van der Waals surface area contributed by atoms with Crippen molar-refractivity contribution in [2.24, 2.45) is 0 Å². The first-order valence-electron chi connectivity index (χ1n) is 11.3. The van der Waals surface area contributed by atoms with Crippen LogP contribution in [0.2, 0.25) is 0 Å². The van der Waals surface area contributed by atoms with Gasteiger partial charge in [0.15, 0.2) is 12.0 Å². The van der Waals surface area contributed by atoms with Gasteiger partial charge in [0.1, 0.15) is 24.3 Å². The number of alkyl halides is 1. The lowest BCUT2D eigenvalue weighted by molar-refractivity contribution is 0.0248. The van der Waals surface area contributed by atoms with E-state index in [-0.39, 0.29) is 36.8 Å². The number of amides is 1. The fourth-order valence-electron chi connectivity index (χ4n) is 3.81. The van der Waals surface area contributed by atoms with Gasteiger partial charge in [-0.2, -0.15) is 10.2 Å². The van der Waals surface area contributed by atoms with Gasteiger partial charge in [-0.05, 0) is 49.7 Å². The summed E-state index contributed by atoms with van der Waals surface area (Å²) in [5.74, 6) is 0.790. The number of hydrogen-bond donors (Lipinski definition) is 3. The van der Waals surface area contributed by atoms with Crippen molar-refractivity contribution in [3.05, 3.63) is 59.9 Å². The minimum atomic E-state index is -1.51. The molecule has 0 radical (unpaired) electrons. The van der Waals surface area contributed by atoms with Crippen LogP contribution in [0.15, 0.2) is 48.8 Å². The molecule has 1 aliphatic heterocycles. The Balaban J connectivity index is 1.51. The van der Waals surface area contributed by atoms with Crippen LogP contribution in [-0.4, -0.2) is 61.5 Å². The van der Waals surface area contributed by atoms with E-state index in [0.717, 1.165) is 10.5 Å². The van der Waals surface area contributed by atoms with Crippen LogP contribution in [0.1, 0.15) is 31.4 Å². The van der Waals surface area contributed by atoms with Gasteiger partial charge in [0.25, 0.3) is 0 Å². The van der Waals surface area contributed by atoms with Crippen LogP contribution in [0.5, 0.6) is 5.75 Å². The molecule has 2 atom stereocenters. The molecule has 0 spiro atoms. The third-order valence-corrected chi connectivity index (χ3v) is 5.79. The van der Waals surface area contributed by atoms with Gasteiger partial charge in [0, 0.05) is 24.2 Å². The van der Waals surface area contributed by atoms with Crippen molar-refractivity contribution in [2.45, 2.75) is 38.1 Å². The zero-order valence-electron chi connectivity index (χ0n) is 19.7. The first-order valence-corrected chi connectivity index (χ1v) is 11.3. The summed E-state index contributed by atoms with van der Waals surface area (Å²) in [7, 11) is 0. The van der Waals surface area contributed by atoms with Crippen molar-refractivity contribution in [1.29, 1.82) is 5.26 Å². The average Bonchev–Trinajstić information content (AvgIpc) is 2.85. The number of aromatic nitrogens is 3. The molecule has 1 saturated heterocycles. The lowest BCUT2D eigenvalue weighted by atomic mass is 9.98. The molecule has 2 unspecified atom stereocenters. The highest BCUT2D eigenvalue weighted by Crippen LogP contribution is 2.29. The number of ether oxygens (including phenoxy) is 1. The van der Waals surface area contributed by atoms with Crippen molar-refractivity contribution in [1.82, 2.24) is 19.9 Å². The maximum absolute atomic E-state index is 14.5. The molecule has 0 saturated carbocycles. The monoisotopic (exact) mass is 492 g/mol. The third-order valence-electron chi connectivity index (χ3n) is 5.79. The highest BCUT2D eigenvalue weighted by molar-refractivity contribution is 5.65. The maximum Gasteiger partial charge on any atom is 0.407 e. The van der Waals surface area contributed by atoms with E-state index < -0.39 is 24.0 Å².